The summed E-state index contributed by atoms with van der Waals surface area (Å²) in [6.45, 7) is 1.56. The first kappa shape index (κ1) is 14.8. The van der Waals surface area contributed by atoms with E-state index in [1.165, 1.54) is 12.1 Å². The Morgan fingerprint density at radius 2 is 2.00 bits per heavy atom. The summed E-state index contributed by atoms with van der Waals surface area (Å²) in [7, 11) is 1.56. The van der Waals surface area contributed by atoms with Crippen LogP contribution < -0.4 is 9.47 Å². The molecule has 1 atom stereocenters. The second-order valence-electron chi connectivity index (χ2n) is 4.23. The van der Waals surface area contributed by atoms with E-state index >= 15 is 0 Å². The molecule has 0 radical (unpaired) electrons. The fourth-order valence-electron chi connectivity index (χ4n) is 1.76. The zero-order chi connectivity index (χ0) is 14.7. The Morgan fingerprint density at radius 3 is 2.60 bits per heavy atom. The van der Waals surface area contributed by atoms with E-state index in [0.717, 1.165) is 0 Å². The SMILES string of the molecule is COc1ccc(Oc2c(F)cccc2C(C)O)c(Br)c1. The topological polar surface area (TPSA) is 38.7 Å². The highest BCUT2D eigenvalue weighted by molar-refractivity contribution is 9.10. The number of aliphatic hydroxyl groups is 1. The molecule has 0 heterocycles. The average Bonchev–Trinajstić information content (AvgIpc) is 2.42. The molecule has 0 bridgehead atoms. The highest BCUT2D eigenvalue weighted by Gasteiger charge is 2.16. The van der Waals surface area contributed by atoms with Crippen molar-refractivity contribution < 1.29 is 19.0 Å². The van der Waals surface area contributed by atoms with Crippen molar-refractivity contribution >= 4 is 15.9 Å². The van der Waals surface area contributed by atoms with E-state index < -0.39 is 11.9 Å². The van der Waals surface area contributed by atoms with Crippen LogP contribution in [0.3, 0.4) is 0 Å². The first-order valence-corrected chi connectivity index (χ1v) is 6.80. The maximum absolute atomic E-state index is 13.9. The summed E-state index contributed by atoms with van der Waals surface area (Å²) in [6.07, 6.45) is -0.822. The molecule has 1 unspecified atom stereocenters. The van der Waals surface area contributed by atoms with Crippen molar-refractivity contribution in [2.45, 2.75) is 13.0 Å². The average molecular weight is 341 g/mol. The maximum atomic E-state index is 13.9. The normalized spacial score (nSPS) is 12.1. The Hall–Kier alpha value is -1.59. The number of rotatable bonds is 4. The van der Waals surface area contributed by atoms with E-state index in [9.17, 15) is 9.50 Å². The van der Waals surface area contributed by atoms with Gasteiger partial charge in [0.1, 0.15) is 11.5 Å². The molecule has 0 aliphatic carbocycles. The largest absolute Gasteiger partial charge is 0.497 e. The van der Waals surface area contributed by atoms with Gasteiger partial charge in [0, 0.05) is 5.56 Å². The van der Waals surface area contributed by atoms with E-state index in [-0.39, 0.29) is 5.75 Å². The zero-order valence-corrected chi connectivity index (χ0v) is 12.6. The summed E-state index contributed by atoms with van der Waals surface area (Å²) in [5.41, 5.74) is 0.396. The van der Waals surface area contributed by atoms with Crippen LogP contribution in [0.2, 0.25) is 0 Å². The summed E-state index contributed by atoms with van der Waals surface area (Å²) >= 11 is 3.34. The van der Waals surface area contributed by atoms with Crippen LogP contribution in [0, 0.1) is 5.82 Å². The van der Waals surface area contributed by atoms with Crippen LogP contribution >= 0.6 is 15.9 Å². The van der Waals surface area contributed by atoms with Crippen molar-refractivity contribution in [3.63, 3.8) is 0 Å². The highest BCUT2D eigenvalue weighted by Crippen LogP contribution is 2.37. The summed E-state index contributed by atoms with van der Waals surface area (Å²) in [5, 5.41) is 9.68. The van der Waals surface area contributed by atoms with E-state index in [4.69, 9.17) is 9.47 Å². The molecule has 0 amide bonds. The third-order valence-corrected chi connectivity index (χ3v) is 3.42. The van der Waals surface area contributed by atoms with Gasteiger partial charge in [-0.1, -0.05) is 12.1 Å². The van der Waals surface area contributed by atoms with Crippen LogP contribution in [0.4, 0.5) is 4.39 Å². The van der Waals surface area contributed by atoms with Gasteiger partial charge in [-0.25, -0.2) is 4.39 Å². The van der Waals surface area contributed by atoms with E-state index in [0.29, 0.717) is 21.5 Å². The first-order valence-electron chi connectivity index (χ1n) is 6.00. The van der Waals surface area contributed by atoms with Crippen molar-refractivity contribution in [3.8, 4) is 17.2 Å². The second-order valence-corrected chi connectivity index (χ2v) is 5.09. The van der Waals surface area contributed by atoms with Gasteiger partial charge in [0.15, 0.2) is 11.6 Å². The van der Waals surface area contributed by atoms with Crippen LogP contribution in [0.5, 0.6) is 17.2 Å². The van der Waals surface area contributed by atoms with Gasteiger partial charge in [0.2, 0.25) is 0 Å². The molecule has 106 valence electrons. The van der Waals surface area contributed by atoms with Gasteiger partial charge in [-0.2, -0.15) is 0 Å². The third-order valence-electron chi connectivity index (χ3n) is 2.80. The quantitative estimate of drug-likeness (QED) is 0.893. The number of methoxy groups -OCH3 is 1. The molecular weight excluding hydrogens is 327 g/mol. The first-order chi connectivity index (χ1) is 9.52. The lowest BCUT2D eigenvalue weighted by molar-refractivity contribution is 0.194. The Kier molecular flexibility index (Phi) is 4.62. The predicted molar refractivity (Wildman–Crippen MR) is 77.8 cm³/mol. The molecule has 0 aliphatic heterocycles. The monoisotopic (exact) mass is 340 g/mol. The maximum Gasteiger partial charge on any atom is 0.168 e. The van der Waals surface area contributed by atoms with Crippen LogP contribution in [-0.2, 0) is 0 Å². The van der Waals surface area contributed by atoms with E-state index in [1.54, 1.807) is 38.3 Å². The molecule has 0 aromatic heterocycles. The van der Waals surface area contributed by atoms with Gasteiger partial charge in [-0.15, -0.1) is 0 Å². The third kappa shape index (κ3) is 3.11. The Labute approximate surface area is 125 Å². The Balaban J connectivity index is 2.40. The number of benzene rings is 2. The number of aliphatic hydroxyl groups excluding tert-OH is 1. The highest BCUT2D eigenvalue weighted by atomic mass is 79.9. The fourth-order valence-corrected chi connectivity index (χ4v) is 2.20. The van der Waals surface area contributed by atoms with Gasteiger partial charge in [-0.05, 0) is 47.1 Å². The van der Waals surface area contributed by atoms with E-state index in [2.05, 4.69) is 15.9 Å². The van der Waals surface area contributed by atoms with Crippen molar-refractivity contribution in [2.75, 3.05) is 7.11 Å². The van der Waals surface area contributed by atoms with Gasteiger partial charge >= 0.3 is 0 Å². The Bertz CT molecular complexity index is 614. The number of ether oxygens (including phenoxy) is 2. The molecule has 0 saturated carbocycles. The summed E-state index contributed by atoms with van der Waals surface area (Å²) in [4.78, 5) is 0. The van der Waals surface area contributed by atoms with Crippen molar-refractivity contribution in [3.05, 3.63) is 52.3 Å². The molecule has 0 saturated heterocycles. The molecule has 0 aliphatic rings. The molecule has 3 nitrogen and oxygen atoms in total. The smallest absolute Gasteiger partial charge is 0.168 e. The van der Waals surface area contributed by atoms with Crippen molar-refractivity contribution in [1.82, 2.24) is 0 Å². The minimum atomic E-state index is -0.822. The number of halogens is 2. The zero-order valence-electron chi connectivity index (χ0n) is 11.1. The van der Waals surface area contributed by atoms with Gasteiger partial charge in [0.25, 0.3) is 0 Å². The lowest BCUT2D eigenvalue weighted by Gasteiger charge is -2.15. The molecular formula is C15H14BrFO3. The fraction of sp³-hybridized carbons (Fsp3) is 0.200. The van der Waals surface area contributed by atoms with Gasteiger partial charge in [0.05, 0.1) is 17.7 Å². The molecule has 5 heteroatoms. The van der Waals surface area contributed by atoms with Crippen LogP contribution in [-0.4, -0.2) is 12.2 Å². The minimum Gasteiger partial charge on any atom is -0.497 e. The van der Waals surface area contributed by atoms with E-state index in [1.807, 2.05) is 0 Å². The number of para-hydroxylation sites is 1. The number of hydrogen-bond donors (Lipinski definition) is 1. The standard InChI is InChI=1S/C15H14BrFO3/c1-9(18)11-4-3-5-13(17)15(11)20-14-7-6-10(19-2)8-12(14)16/h3-9,18H,1-2H3. The van der Waals surface area contributed by atoms with Gasteiger partial charge < -0.3 is 14.6 Å². The number of hydrogen-bond acceptors (Lipinski definition) is 3. The lowest BCUT2D eigenvalue weighted by atomic mass is 10.1. The summed E-state index contributed by atoms with van der Waals surface area (Å²) < 4.78 is 25.2. The van der Waals surface area contributed by atoms with Crippen LogP contribution in [0.1, 0.15) is 18.6 Å². The summed E-state index contributed by atoms with van der Waals surface area (Å²) in [5.74, 6) is 0.603. The minimum absolute atomic E-state index is 0.0216. The summed E-state index contributed by atoms with van der Waals surface area (Å²) in [6, 6.07) is 9.55. The van der Waals surface area contributed by atoms with Crippen molar-refractivity contribution in [2.24, 2.45) is 0 Å². The molecule has 2 aromatic carbocycles. The molecule has 1 N–H and O–H groups in total. The lowest BCUT2D eigenvalue weighted by Crippen LogP contribution is -1.99. The van der Waals surface area contributed by atoms with Crippen LogP contribution in [0.25, 0.3) is 0 Å². The second kappa shape index (κ2) is 6.24. The molecule has 0 spiro atoms. The molecule has 0 fully saturated rings. The predicted octanol–water partition coefficient (Wildman–Crippen LogP) is 4.44. The Morgan fingerprint density at radius 1 is 1.25 bits per heavy atom. The van der Waals surface area contributed by atoms with Crippen LogP contribution in [0.15, 0.2) is 40.9 Å². The van der Waals surface area contributed by atoms with Crippen molar-refractivity contribution in [1.29, 1.82) is 0 Å². The van der Waals surface area contributed by atoms with Gasteiger partial charge in [-0.3, -0.25) is 0 Å². The molecule has 20 heavy (non-hydrogen) atoms. The molecule has 2 aromatic rings. The molecule has 2 rings (SSSR count).